The van der Waals surface area contributed by atoms with E-state index in [4.69, 9.17) is 23.2 Å². The monoisotopic (exact) mass is 282 g/mol. The maximum absolute atomic E-state index is 11.7. The first kappa shape index (κ1) is 12.4. The fourth-order valence-electron chi connectivity index (χ4n) is 1.29. The van der Waals surface area contributed by atoms with E-state index >= 15 is 0 Å². The minimum Gasteiger partial charge on any atom is -0.288 e. The second kappa shape index (κ2) is 5.50. The zero-order valence-electron chi connectivity index (χ0n) is 8.69. The van der Waals surface area contributed by atoms with Gasteiger partial charge < -0.3 is 0 Å². The molecule has 0 saturated heterocycles. The molecule has 2 rings (SSSR count). The highest BCUT2D eigenvalue weighted by Crippen LogP contribution is 2.23. The highest BCUT2D eigenvalue weighted by atomic mass is 35.5. The molecule has 0 atom stereocenters. The average Bonchev–Trinajstić information content (AvgIpc) is 2.84. The van der Waals surface area contributed by atoms with Crippen molar-refractivity contribution in [2.45, 2.75) is 0 Å². The normalized spacial score (nSPS) is 10.9. The van der Waals surface area contributed by atoms with Crippen molar-refractivity contribution in [1.29, 1.82) is 0 Å². The van der Waals surface area contributed by atoms with Gasteiger partial charge in [0.2, 0.25) is 0 Å². The summed E-state index contributed by atoms with van der Waals surface area (Å²) in [6, 6.07) is 8.89. The van der Waals surface area contributed by atoms with Crippen molar-refractivity contribution in [2.24, 2.45) is 0 Å². The summed E-state index contributed by atoms with van der Waals surface area (Å²) >= 11 is 13.1. The van der Waals surface area contributed by atoms with Crippen molar-refractivity contribution < 1.29 is 4.79 Å². The van der Waals surface area contributed by atoms with Crippen molar-refractivity contribution in [1.82, 2.24) is 0 Å². The van der Waals surface area contributed by atoms with Crippen LogP contribution in [0.1, 0.15) is 15.2 Å². The summed E-state index contributed by atoms with van der Waals surface area (Å²) in [7, 11) is 0. The van der Waals surface area contributed by atoms with E-state index in [9.17, 15) is 4.79 Å². The molecule has 0 aliphatic rings. The van der Waals surface area contributed by atoms with E-state index in [-0.39, 0.29) is 5.78 Å². The van der Waals surface area contributed by atoms with E-state index < -0.39 is 0 Å². The largest absolute Gasteiger partial charge is 0.288 e. The summed E-state index contributed by atoms with van der Waals surface area (Å²) in [6.07, 6.45) is 3.26. The van der Waals surface area contributed by atoms with E-state index in [2.05, 4.69) is 0 Å². The first-order valence-corrected chi connectivity index (χ1v) is 6.51. The molecule has 1 aromatic heterocycles. The lowest BCUT2D eigenvalue weighted by Gasteiger charge is -1.97. The molecule has 0 unspecified atom stereocenters. The van der Waals surface area contributed by atoms with Gasteiger partial charge in [-0.1, -0.05) is 41.4 Å². The summed E-state index contributed by atoms with van der Waals surface area (Å²) in [6.45, 7) is 0. The number of benzene rings is 1. The Hall–Kier alpha value is -1.09. The molecule has 0 amide bonds. The smallest absolute Gasteiger partial charge is 0.195 e. The number of halogens is 2. The highest BCUT2D eigenvalue weighted by molar-refractivity contribution is 7.12. The second-order valence-corrected chi connectivity index (χ2v) is 5.11. The summed E-state index contributed by atoms with van der Waals surface area (Å²) in [5, 5.41) is 2.87. The van der Waals surface area contributed by atoms with Crippen LogP contribution in [-0.4, -0.2) is 5.78 Å². The molecule has 0 N–H and O–H groups in total. The maximum Gasteiger partial charge on any atom is 0.195 e. The van der Waals surface area contributed by atoms with Crippen LogP contribution >= 0.6 is 34.5 Å². The number of carbonyl (C=O) groups is 1. The zero-order chi connectivity index (χ0) is 12.3. The van der Waals surface area contributed by atoms with Gasteiger partial charge in [0.15, 0.2) is 5.78 Å². The van der Waals surface area contributed by atoms with Gasteiger partial charge in [-0.05, 0) is 35.2 Å². The third-order valence-electron chi connectivity index (χ3n) is 2.13. The first-order valence-electron chi connectivity index (χ1n) is 4.88. The summed E-state index contributed by atoms with van der Waals surface area (Å²) in [5.74, 6) is -0.00827. The fraction of sp³-hybridized carbons (Fsp3) is 0. The molecule has 86 valence electrons. The van der Waals surface area contributed by atoms with Gasteiger partial charge in [-0.2, -0.15) is 0 Å². The number of thiophene rings is 1. The third kappa shape index (κ3) is 3.19. The van der Waals surface area contributed by atoms with Gasteiger partial charge in [-0.3, -0.25) is 4.79 Å². The van der Waals surface area contributed by atoms with Crippen molar-refractivity contribution in [3.05, 3.63) is 62.3 Å². The summed E-state index contributed by atoms with van der Waals surface area (Å²) in [4.78, 5) is 12.4. The molecular weight excluding hydrogens is 275 g/mol. The molecule has 4 heteroatoms. The second-order valence-electron chi connectivity index (χ2n) is 3.35. The molecule has 0 spiro atoms. The Balaban J connectivity index is 2.15. The quantitative estimate of drug-likeness (QED) is 0.575. The van der Waals surface area contributed by atoms with Gasteiger partial charge in [0, 0.05) is 0 Å². The predicted molar refractivity (Wildman–Crippen MR) is 74.1 cm³/mol. The van der Waals surface area contributed by atoms with E-state index in [1.54, 1.807) is 24.3 Å². The lowest BCUT2D eigenvalue weighted by atomic mass is 10.2. The van der Waals surface area contributed by atoms with Crippen molar-refractivity contribution in [3.8, 4) is 0 Å². The van der Waals surface area contributed by atoms with Gasteiger partial charge in [-0.15, -0.1) is 11.3 Å². The number of rotatable bonds is 3. The fourth-order valence-corrected chi connectivity index (χ4v) is 2.24. The Morgan fingerprint density at radius 1 is 1.18 bits per heavy atom. The third-order valence-corrected chi connectivity index (χ3v) is 3.76. The van der Waals surface area contributed by atoms with Crippen LogP contribution in [0.15, 0.2) is 41.8 Å². The average molecular weight is 283 g/mol. The summed E-state index contributed by atoms with van der Waals surface area (Å²) in [5.41, 5.74) is 0.851. The molecule has 0 saturated carbocycles. The predicted octanol–water partition coefficient (Wildman–Crippen LogP) is 4.95. The van der Waals surface area contributed by atoms with Crippen LogP contribution in [-0.2, 0) is 0 Å². The molecule has 0 aliphatic carbocycles. The number of ketones is 1. The van der Waals surface area contributed by atoms with E-state index in [0.29, 0.717) is 10.0 Å². The Labute approximate surface area is 113 Å². The van der Waals surface area contributed by atoms with E-state index in [1.165, 1.54) is 17.4 Å². The van der Waals surface area contributed by atoms with Crippen LogP contribution in [0, 0.1) is 0 Å². The van der Waals surface area contributed by atoms with Crippen LogP contribution in [0.4, 0.5) is 0 Å². The number of hydrogen-bond donors (Lipinski definition) is 0. The highest BCUT2D eigenvalue weighted by Gasteiger charge is 2.02. The summed E-state index contributed by atoms with van der Waals surface area (Å²) < 4.78 is 0. The van der Waals surface area contributed by atoms with E-state index in [1.807, 2.05) is 17.5 Å². The number of carbonyl (C=O) groups excluding carboxylic acids is 1. The molecule has 17 heavy (non-hydrogen) atoms. The van der Waals surface area contributed by atoms with Gasteiger partial charge >= 0.3 is 0 Å². The first-order chi connectivity index (χ1) is 8.16. The van der Waals surface area contributed by atoms with Gasteiger partial charge in [0.05, 0.1) is 14.9 Å². The van der Waals surface area contributed by atoms with Crippen LogP contribution in [0.5, 0.6) is 0 Å². The lowest BCUT2D eigenvalue weighted by molar-refractivity contribution is 0.105. The van der Waals surface area contributed by atoms with Gasteiger partial charge in [-0.25, -0.2) is 0 Å². The van der Waals surface area contributed by atoms with Crippen molar-refractivity contribution in [2.75, 3.05) is 0 Å². The maximum atomic E-state index is 11.7. The van der Waals surface area contributed by atoms with Crippen LogP contribution in [0.25, 0.3) is 6.08 Å². The topological polar surface area (TPSA) is 17.1 Å². The number of hydrogen-bond acceptors (Lipinski definition) is 2. The lowest BCUT2D eigenvalue weighted by Crippen LogP contribution is -1.88. The Morgan fingerprint density at radius 2 is 2.00 bits per heavy atom. The van der Waals surface area contributed by atoms with Gasteiger partial charge in [0.25, 0.3) is 0 Å². The SMILES string of the molecule is O=C(/C=C/c1ccc(Cl)c(Cl)c1)c1cccs1. The Morgan fingerprint density at radius 3 is 2.65 bits per heavy atom. The van der Waals surface area contributed by atoms with Crippen molar-refractivity contribution in [3.63, 3.8) is 0 Å². The molecular formula is C13H8Cl2OS. The molecule has 2 aromatic rings. The Bertz CT molecular complexity index is 559. The molecule has 0 bridgehead atoms. The molecule has 1 heterocycles. The van der Waals surface area contributed by atoms with Gasteiger partial charge in [0.1, 0.15) is 0 Å². The minimum absolute atomic E-state index is 0.00827. The molecule has 1 nitrogen and oxygen atoms in total. The van der Waals surface area contributed by atoms with Crippen LogP contribution in [0.2, 0.25) is 10.0 Å². The Kier molecular flexibility index (Phi) is 4.00. The van der Waals surface area contributed by atoms with Crippen molar-refractivity contribution >= 4 is 46.4 Å². The minimum atomic E-state index is -0.00827. The molecule has 0 radical (unpaired) electrons. The van der Waals surface area contributed by atoms with Crippen LogP contribution < -0.4 is 0 Å². The molecule has 0 aliphatic heterocycles. The molecule has 0 fully saturated rings. The zero-order valence-corrected chi connectivity index (χ0v) is 11.0. The molecule has 1 aromatic carbocycles. The van der Waals surface area contributed by atoms with E-state index in [0.717, 1.165) is 10.4 Å². The number of allylic oxidation sites excluding steroid dienone is 1. The standard InChI is InChI=1S/C13H8Cl2OS/c14-10-5-3-9(8-11(10)15)4-6-12(16)13-2-1-7-17-13/h1-8H/b6-4+. The van der Waals surface area contributed by atoms with Crippen LogP contribution in [0.3, 0.4) is 0 Å².